The minimum absolute atomic E-state index is 0.125. The number of nitrogens with zero attached hydrogens (tertiary/aromatic N) is 4. The van der Waals surface area contributed by atoms with Crippen LogP contribution in [0, 0.1) is 5.82 Å². The molecule has 1 aliphatic rings. The van der Waals surface area contributed by atoms with Gasteiger partial charge in [-0.05, 0) is 41.5 Å². The number of methoxy groups -OCH3 is 1. The molecule has 3 rings (SSSR count). The van der Waals surface area contributed by atoms with Crippen LogP contribution in [0.3, 0.4) is 0 Å². The molecule has 0 bridgehead atoms. The van der Waals surface area contributed by atoms with Gasteiger partial charge >= 0.3 is 0 Å². The zero-order valence-corrected chi connectivity index (χ0v) is 14.3. The normalized spacial score (nSPS) is 15.4. The first-order valence-corrected chi connectivity index (χ1v) is 8.95. The molecule has 0 spiro atoms. The van der Waals surface area contributed by atoms with Crippen molar-refractivity contribution in [3.63, 3.8) is 0 Å². The van der Waals surface area contributed by atoms with Gasteiger partial charge in [0.05, 0.1) is 18.9 Å². The molecule has 0 atom stereocenters. The lowest BCUT2D eigenvalue weighted by atomic mass is 9.96. The first-order valence-electron chi connectivity index (χ1n) is 7.96. The molecule has 2 aromatic rings. The Kier molecular flexibility index (Phi) is 5.44. The van der Waals surface area contributed by atoms with E-state index in [1.807, 2.05) is 4.68 Å². The fraction of sp³-hybridized carbons (Fsp3) is 0.500. The van der Waals surface area contributed by atoms with Crippen molar-refractivity contribution in [3.05, 3.63) is 29.6 Å². The zero-order valence-electron chi connectivity index (χ0n) is 13.4. The van der Waals surface area contributed by atoms with Crippen molar-refractivity contribution in [2.75, 3.05) is 12.9 Å². The van der Waals surface area contributed by atoms with E-state index in [0.717, 1.165) is 12.8 Å². The van der Waals surface area contributed by atoms with Gasteiger partial charge in [0.15, 0.2) is 17.3 Å². The van der Waals surface area contributed by atoms with Crippen LogP contribution in [-0.2, 0) is 0 Å². The molecule has 1 saturated carbocycles. The second-order valence-electron chi connectivity index (χ2n) is 5.76. The minimum atomic E-state index is -0.541. The molecular formula is C16H19FN4O2S. The van der Waals surface area contributed by atoms with Crippen LogP contribution in [0.25, 0.3) is 0 Å². The summed E-state index contributed by atoms with van der Waals surface area (Å²) in [5, 5.41) is 12.5. The average Bonchev–Trinajstić information content (AvgIpc) is 3.09. The number of halogens is 1. The number of ketones is 1. The van der Waals surface area contributed by atoms with E-state index in [4.69, 9.17) is 4.74 Å². The summed E-state index contributed by atoms with van der Waals surface area (Å²) in [6.07, 6.45) is 5.74. The molecule has 1 aliphatic carbocycles. The molecule has 1 fully saturated rings. The zero-order chi connectivity index (χ0) is 16.9. The maximum Gasteiger partial charge on any atom is 0.210 e. The van der Waals surface area contributed by atoms with Crippen LogP contribution < -0.4 is 4.74 Å². The number of aromatic nitrogens is 4. The van der Waals surface area contributed by atoms with Gasteiger partial charge in [-0.1, -0.05) is 31.0 Å². The molecule has 6 nitrogen and oxygen atoms in total. The molecule has 0 aliphatic heterocycles. The van der Waals surface area contributed by atoms with Crippen molar-refractivity contribution < 1.29 is 13.9 Å². The number of hydrogen-bond donors (Lipinski definition) is 0. The molecular weight excluding hydrogens is 331 g/mol. The number of rotatable bonds is 6. The third-order valence-corrected chi connectivity index (χ3v) is 5.12. The topological polar surface area (TPSA) is 69.9 Å². The van der Waals surface area contributed by atoms with Crippen molar-refractivity contribution in [1.82, 2.24) is 20.2 Å². The predicted octanol–water partition coefficient (Wildman–Crippen LogP) is 3.30. The number of benzene rings is 1. The van der Waals surface area contributed by atoms with Crippen LogP contribution in [0.1, 0.15) is 48.5 Å². The molecule has 1 heterocycles. The summed E-state index contributed by atoms with van der Waals surface area (Å²) in [7, 11) is 1.39. The van der Waals surface area contributed by atoms with Crippen molar-refractivity contribution in [3.8, 4) is 5.75 Å². The first-order chi connectivity index (χ1) is 11.7. The van der Waals surface area contributed by atoms with E-state index in [2.05, 4.69) is 15.5 Å². The van der Waals surface area contributed by atoms with E-state index in [1.54, 1.807) is 6.07 Å². The summed E-state index contributed by atoms with van der Waals surface area (Å²) in [5.41, 5.74) is 0.317. The fourth-order valence-corrected chi connectivity index (χ4v) is 3.73. The Labute approximate surface area is 143 Å². The number of Topliss-reactive ketones (excluding diaryl/α,β-unsaturated/α-hetero) is 1. The van der Waals surface area contributed by atoms with Crippen LogP contribution >= 0.6 is 11.8 Å². The Morgan fingerprint density at radius 3 is 2.88 bits per heavy atom. The highest BCUT2D eigenvalue weighted by atomic mass is 32.2. The Morgan fingerprint density at radius 1 is 1.38 bits per heavy atom. The van der Waals surface area contributed by atoms with E-state index in [-0.39, 0.29) is 17.3 Å². The Morgan fingerprint density at radius 2 is 2.17 bits per heavy atom. The largest absolute Gasteiger partial charge is 0.494 e. The van der Waals surface area contributed by atoms with Gasteiger partial charge in [-0.2, -0.15) is 0 Å². The lowest BCUT2D eigenvalue weighted by Crippen LogP contribution is -2.15. The molecule has 0 amide bonds. The summed E-state index contributed by atoms with van der Waals surface area (Å²) in [4.78, 5) is 12.3. The van der Waals surface area contributed by atoms with Crippen LogP contribution in [0.2, 0.25) is 0 Å². The highest BCUT2D eigenvalue weighted by Gasteiger charge is 2.21. The van der Waals surface area contributed by atoms with E-state index >= 15 is 0 Å². The first kappa shape index (κ1) is 16.9. The Balaban J connectivity index is 1.64. The van der Waals surface area contributed by atoms with E-state index in [0.29, 0.717) is 16.8 Å². The van der Waals surface area contributed by atoms with Gasteiger partial charge in [-0.3, -0.25) is 4.79 Å². The number of ether oxygens (including phenoxy) is 1. The lowest BCUT2D eigenvalue weighted by molar-refractivity contribution is 0.102. The predicted molar refractivity (Wildman–Crippen MR) is 87.9 cm³/mol. The Bertz CT molecular complexity index is 716. The maximum atomic E-state index is 13.7. The molecule has 0 saturated heterocycles. The van der Waals surface area contributed by atoms with Crippen molar-refractivity contribution in [1.29, 1.82) is 0 Å². The Hall–Kier alpha value is -1.96. The highest BCUT2D eigenvalue weighted by Crippen LogP contribution is 2.30. The van der Waals surface area contributed by atoms with Gasteiger partial charge in [0.25, 0.3) is 0 Å². The van der Waals surface area contributed by atoms with Crippen LogP contribution in [0.4, 0.5) is 4.39 Å². The number of tetrazole rings is 1. The summed E-state index contributed by atoms with van der Waals surface area (Å²) in [6.45, 7) is 0. The van der Waals surface area contributed by atoms with Crippen LogP contribution in [-0.4, -0.2) is 38.9 Å². The van der Waals surface area contributed by atoms with Gasteiger partial charge in [0.2, 0.25) is 5.16 Å². The standard InChI is InChI=1S/C16H19FN4O2S/c1-23-15-8-7-11(9-13(15)17)14(22)10-24-16-18-19-20-21(16)12-5-3-2-4-6-12/h7-9,12H,2-6,10H2,1H3. The number of thioether (sulfide) groups is 1. The van der Waals surface area contributed by atoms with Crippen molar-refractivity contribution >= 4 is 17.5 Å². The average molecular weight is 350 g/mol. The number of carbonyl (C=O) groups excluding carboxylic acids is 1. The summed E-state index contributed by atoms with van der Waals surface area (Å²) in [5.74, 6) is -0.417. The molecule has 1 aromatic heterocycles. The third-order valence-electron chi connectivity index (χ3n) is 4.19. The second kappa shape index (κ2) is 7.74. The fourth-order valence-electron chi connectivity index (χ4n) is 2.89. The molecule has 24 heavy (non-hydrogen) atoms. The van der Waals surface area contributed by atoms with Crippen LogP contribution in [0.15, 0.2) is 23.4 Å². The smallest absolute Gasteiger partial charge is 0.210 e. The lowest BCUT2D eigenvalue weighted by Gasteiger charge is -2.21. The molecule has 0 unspecified atom stereocenters. The molecule has 0 radical (unpaired) electrons. The minimum Gasteiger partial charge on any atom is -0.494 e. The summed E-state index contributed by atoms with van der Waals surface area (Å²) < 4.78 is 20.4. The second-order valence-corrected chi connectivity index (χ2v) is 6.70. The SMILES string of the molecule is COc1ccc(C(=O)CSc2nnnn2C2CCCCC2)cc1F. The molecule has 0 N–H and O–H groups in total. The molecule has 8 heteroatoms. The highest BCUT2D eigenvalue weighted by molar-refractivity contribution is 7.99. The monoisotopic (exact) mass is 350 g/mol. The van der Waals surface area contributed by atoms with E-state index in [1.165, 1.54) is 50.3 Å². The van der Waals surface area contributed by atoms with Gasteiger partial charge in [-0.15, -0.1) is 5.10 Å². The van der Waals surface area contributed by atoms with Crippen molar-refractivity contribution in [2.24, 2.45) is 0 Å². The van der Waals surface area contributed by atoms with Gasteiger partial charge in [0.1, 0.15) is 0 Å². The molecule has 1 aromatic carbocycles. The van der Waals surface area contributed by atoms with E-state index in [9.17, 15) is 9.18 Å². The van der Waals surface area contributed by atoms with Crippen molar-refractivity contribution in [2.45, 2.75) is 43.3 Å². The third kappa shape index (κ3) is 3.75. The quantitative estimate of drug-likeness (QED) is 0.588. The number of hydrogen-bond acceptors (Lipinski definition) is 6. The van der Waals surface area contributed by atoms with E-state index < -0.39 is 5.82 Å². The number of carbonyl (C=O) groups is 1. The van der Waals surface area contributed by atoms with Gasteiger partial charge < -0.3 is 4.74 Å². The summed E-state index contributed by atoms with van der Waals surface area (Å²) >= 11 is 1.29. The maximum absolute atomic E-state index is 13.7. The summed E-state index contributed by atoms with van der Waals surface area (Å²) in [6, 6.07) is 4.53. The molecule has 128 valence electrons. The van der Waals surface area contributed by atoms with Gasteiger partial charge in [-0.25, -0.2) is 9.07 Å². The van der Waals surface area contributed by atoms with Crippen LogP contribution in [0.5, 0.6) is 5.75 Å². The van der Waals surface area contributed by atoms with Gasteiger partial charge in [0, 0.05) is 5.56 Å².